The maximum absolute atomic E-state index is 9.42. The average Bonchev–Trinajstić information content (AvgIpc) is 2.47. The number of nitrogens with zero attached hydrogens (tertiary/aromatic N) is 2. The third kappa shape index (κ3) is 3.33. The van der Waals surface area contributed by atoms with Crippen molar-refractivity contribution in [1.29, 1.82) is 0 Å². The molecule has 7 heteroatoms. The minimum Gasteiger partial charge on any atom is -0.497 e. The molecule has 2 aromatic rings. The molecule has 0 radical (unpaired) electrons. The summed E-state index contributed by atoms with van der Waals surface area (Å²) < 4.78 is 26.0. The Balaban J connectivity index is 2.23. The number of aromatic nitrogens is 2. The summed E-state index contributed by atoms with van der Waals surface area (Å²) in [6.45, 7) is -0.309. The van der Waals surface area contributed by atoms with Crippen LogP contribution in [0, 0.1) is 0 Å². The van der Waals surface area contributed by atoms with E-state index in [0.717, 1.165) is 0 Å². The Morgan fingerprint density at radius 1 is 1.40 bits per heavy atom. The van der Waals surface area contributed by atoms with E-state index in [1.165, 1.54) is 23.9 Å². The number of hydrogen-bond donors (Lipinski definition) is 2. The van der Waals surface area contributed by atoms with Crippen LogP contribution in [0.2, 0.25) is 5.15 Å². The molecule has 0 unspecified atom stereocenters. The van der Waals surface area contributed by atoms with Crippen molar-refractivity contribution < 1.29 is 14.0 Å². The van der Waals surface area contributed by atoms with Crippen LogP contribution in [0.4, 0.5) is 11.5 Å². The number of benzene rings is 1. The fourth-order valence-electron chi connectivity index (χ4n) is 1.52. The van der Waals surface area contributed by atoms with E-state index < -0.39 is 7.04 Å². The quantitative estimate of drug-likeness (QED) is 0.502. The summed E-state index contributed by atoms with van der Waals surface area (Å²) in [7, 11) is -2.49. The normalized spacial score (nSPS) is 13.2. The van der Waals surface area contributed by atoms with E-state index in [2.05, 4.69) is 15.3 Å². The molecule has 0 saturated carbocycles. The number of rotatable bonds is 5. The van der Waals surface area contributed by atoms with E-state index in [4.69, 9.17) is 20.5 Å². The van der Waals surface area contributed by atoms with Gasteiger partial charge in [-0.3, -0.25) is 0 Å². The minimum atomic E-state index is -2.49. The fourth-order valence-corrected chi connectivity index (χ4v) is 2.16. The van der Waals surface area contributed by atoms with E-state index in [9.17, 15) is 5.11 Å². The van der Waals surface area contributed by atoms with Crippen LogP contribution in [-0.4, -0.2) is 28.4 Å². The molecule has 0 fully saturated rings. The Morgan fingerprint density at radius 2 is 2.15 bits per heavy atom. The lowest BCUT2D eigenvalue weighted by molar-refractivity contribution is 0.281. The first-order valence-corrected chi connectivity index (χ1v) is 7.20. The van der Waals surface area contributed by atoms with Gasteiger partial charge in [0, 0.05) is 5.69 Å². The predicted molar refractivity (Wildman–Crippen MR) is 81.0 cm³/mol. The van der Waals surface area contributed by atoms with Gasteiger partial charge in [0.25, 0.3) is 0 Å². The number of nitrogens with one attached hydrogen (secondary N) is 1. The zero-order chi connectivity index (χ0) is 17.0. The largest absolute Gasteiger partial charge is 0.497 e. The number of methoxy groups -OCH3 is 1. The number of aliphatic hydroxyl groups excluding tert-OH is 1. The highest BCUT2D eigenvalue weighted by molar-refractivity contribution is 7.98. The Labute approximate surface area is 130 Å². The molecular weight excluding hydrogens is 298 g/mol. The highest BCUT2D eigenvalue weighted by atomic mass is 35.5. The van der Waals surface area contributed by atoms with Gasteiger partial charge in [0.15, 0.2) is 5.16 Å². The molecule has 1 heterocycles. The second kappa shape index (κ2) is 6.78. The number of aliphatic hydroxyl groups is 1. The smallest absolute Gasteiger partial charge is 0.190 e. The predicted octanol–water partition coefficient (Wildman–Crippen LogP) is 3.10. The van der Waals surface area contributed by atoms with E-state index in [1.54, 1.807) is 12.1 Å². The lowest BCUT2D eigenvalue weighted by atomic mass is 10.2. The molecule has 0 saturated heterocycles. The maximum atomic E-state index is 9.42. The molecule has 0 atom stereocenters. The van der Waals surface area contributed by atoms with Crippen molar-refractivity contribution in [1.82, 2.24) is 9.97 Å². The summed E-state index contributed by atoms with van der Waals surface area (Å²) in [5, 5.41) is 13.1. The van der Waals surface area contributed by atoms with Crippen LogP contribution >= 0.6 is 23.4 Å². The zero-order valence-electron chi connectivity index (χ0n) is 13.6. The second-order valence-corrected chi connectivity index (χ2v) is 4.87. The highest BCUT2D eigenvalue weighted by Gasteiger charge is 2.12. The first-order chi connectivity index (χ1) is 10.8. The molecule has 0 bridgehead atoms. The average molecular weight is 315 g/mol. The molecule has 0 aliphatic carbocycles. The lowest BCUT2D eigenvalue weighted by Gasteiger charge is -2.12. The molecule has 0 spiro atoms. The molecule has 1 aromatic carbocycles. The second-order valence-electron chi connectivity index (χ2n) is 3.74. The highest BCUT2D eigenvalue weighted by Crippen LogP contribution is 2.27. The Morgan fingerprint density at radius 3 is 2.75 bits per heavy atom. The Hall–Kier alpha value is -1.50. The molecule has 20 heavy (non-hydrogen) atoms. The van der Waals surface area contributed by atoms with Crippen molar-refractivity contribution in [3.8, 4) is 5.75 Å². The van der Waals surface area contributed by atoms with Crippen LogP contribution in [0.25, 0.3) is 0 Å². The molecule has 2 N–H and O–H groups in total. The lowest BCUT2D eigenvalue weighted by Crippen LogP contribution is -2.03. The SMILES string of the molecule is [2H]C([2H])([2H])Oc1ccc(Nc2nc(SC)nc(Cl)c2CO)cc1. The molecule has 2 rings (SSSR count). The van der Waals surface area contributed by atoms with Gasteiger partial charge in [0.1, 0.15) is 16.7 Å². The Bertz CT molecular complexity index is 683. The number of anilines is 2. The van der Waals surface area contributed by atoms with E-state index >= 15 is 0 Å². The minimum absolute atomic E-state index is 0.178. The van der Waals surface area contributed by atoms with Gasteiger partial charge in [-0.25, -0.2) is 9.97 Å². The molecule has 5 nitrogen and oxygen atoms in total. The van der Waals surface area contributed by atoms with Gasteiger partial charge in [-0.15, -0.1) is 0 Å². The first kappa shape index (κ1) is 11.2. The summed E-state index contributed by atoms with van der Waals surface area (Å²) in [5.74, 6) is 0.616. The van der Waals surface area contributed by atoms with Gasteiger partial charge >= 0.3 is 0 Å². The molecule has 0 amide bonds. The van der Waals surface area contributed by atoms with Crippen molar-refractivity contribution in [2.24, 2.45) is 0 Å². The third-order valence-corrected chi connectivity index (χ3v) is 3.37. The van der Waals surface area contributed by atoms with Gasteiger partial charge in [-0.1, -0.05) is 23.4 Å². The van der Waals surface area contributed by atoms with E-state index in [0.29, 0.717) is 22.2 Å². The van der Waals surface area contributed by atoms with Crippen molar-refractivity contribution in [3.63, 3.8) is 0 Å². The molecule has 106 valence electrons. The summed E-state index contributed by atoms with van der Waals surface area (Å²) in [5.41, 5.74) is 1.02. The summed E-state index contributed by atoms with van der Waals surface area (Å²) in [6, 6.07) is 6.31. The standard InChI is InChI=1S/C13H14ClN3O2S/c1-19-9-5-3-8(4-6-9)15-12-10(7-18)11(14)16-13(17-12)20-2/h3-6,18H,7H2,1-2H3,(H,15,16,17)/i1D3. The number of ether oxygens (including phenoxy) is 1. The van der Waals surface area contributed by atoms with Gasteiger partial charge in [-0.05, 0) is 30.5 Å². The Kier molecular flexibility index (Phi) is 3.80. The number of hydrogen-bond acceptors (Lipinski definition) is 6. The van der Waals surface area contributed by atoms with Crippen LogP contribution in [0.15, 0.2) is 29.4 Å². The topological polar surface area (TPSA) is 67.3 Å². The summed E-state index contributed by atoms with van der Waals surface area (Å²) in [4.78, 5) is 8.33. The number of thioether (sulfide) groups is 1. The van der Waals surface area contributed by atoms with Crippen molar-refractivity contribution in [2.75, 3.05) is 18.6 Å². The maximum Gasteiger partial charge on any atom is 0.190 e. The molecule has 0 aliphatic heterocycles. The van der Waals surface area contributed by atoms with Gasteiger partial charge in [-0.2, -0.15) is 0 Å². The van der Waals surface area contributed by atoms with Crippen molar-refractivity contribution in [3.05, 3.63) is 35.0 Å². The van der Waals surface area contributed by atoms with Gasteiger partial charge in [0.2, 0.25) is 0 Å². The monoisotopic (exact) mass is 314 g/mol. The molecular formula is C13H14ClN3O2S. The first-order valence-electron chi connectivity index (χ1n) is 7.10. The van der Waals surface area contributed by atoms with Crippen LogP contribution in [-0.2, 0) is 6.61 Å². The van der Waals surface area contributed by atoms with Gasteiger partial charge in [0.05, 0.1) is 23.3 Å². The van der Waals surface area contributed by atoms with E-state index in [-0.39, 0.29) is 17.5 Å². The van der Waals surface area contributed by atoms with Crippen LogP contribution in [0.1, 0.15) is 9.68 Å². The van der Waals surface area contributed by atoms with Gasteiger partial charge < -0.3 is 15.2 Å². The zero-order valence-corrected chi connectivity index (χ0v) is 12.1. The van der Waals surface area contributed by atoms with Crippen molar-refractivity contribution >= 4 is 34.9 Å². The molecule has 1 aromatic heterocycles. The summed E-state index contributed by atoms with van der Waals surface area (Å²) in [6.07, 6.45) is 1.81. The van der Waals surface area contributed by atoms with Crippen molar-refractivity contribution in [2.45, 2.75) is 11.8 Å². The summed E-state index contributed by atoms with van der Waals surface area (Å²) >= 11 is 7.36. The third-order valence-electron chi connectivity index (χ3n) is 2.51. The van der Waals surface area contributed by atoms with Crippen LogP contribution < -0.4 is 10.1 Å². The van der Waals surface area contributed by atoms with Crippen LogP contribution in [0.5, 0.6) is 5.75 Å². The fraction of sp³-hybridized carbons (Fsp3) is 0.231. The molecule has 0 aliphatic rings. The van der Waals surface area contributed by atoms with Crippen LogP contribution in [0.3, 0.4) is 0 Å². The van der Waals surface area contributed by atoms with E-state index in [1.807, 2.05) is 6.26 Å². The number of halogens is 1.